The quantitative estimate of drug-likeness (QED) is 0.286. The topological polar surface area (TPSA) is 29.5 Å². The summed E-state index contributed by atoms with van der Waals surface area (Å²) in [5, 5.41) is 1.89. The Kier molecular flexibility index (Phi) is 9.28. The van der Waals surface area contributed by atoms with Gasteiger partial charge in [0.2, 0.25) is 5.91 Å². The lowest BCUT2D eigenvalue weighted by Gasteiger charge is -2.23. The molecule has 0 fully saturated rings. The molecule has 3 nitrogen and oxygen atoms in total. The van der Waals surface area contributed by atoms with Crippen molar-refractivity contribution in [3.8, 4) is 11.5 Å². The van der Waals surface area contributed by atoms with Gasteiger partial charge in [0.1, 0.15) is 11.5 Å². The van der Waals surface area contributed by atoms with Gasteiger partial charge in [-0.1, -0.05) is 66.3 Å². The standard InChI is InChI=1S/C26H26Cl3NO2/c1-2-3-7-26(31)30(15-14-20-8-9-22(28)17-25(20)29)18-19-5-4-6-24(16-19)32-23-12-10-21(27)11-13-23/h4-6,8-13,16-17H,2-3,7,14-15,18H2,1H3. The molecule has 0 unspecified atom stereocenters. The van der Waals surface area contributed by atoms with E-state index in [4.69, 9.17) is 39.5 Å². The van der Waals surface area contributed by atoms with Crippen molar-refractivity contribution in [2.45, 2.75) is 39.2 Å². The zero-order chi connectivity index (χ0) is 22.9. The van der Waals surface area contributed by atoms with Gasteiger partial charge in [-0.25, -0.2) is 0 Å². The summed E-state index contributed by atoms with van der Waals surface area (Å²) in [5.74, 6) is 1.56. The van der Waals surface area contributed by atoms with E-state index in [9.17, 15) is 4.79 Å². The number of halogens is 3. The van der Waals surface area contributed by atoms with Gasteiger partial charge in [-0.2, -0.15) is 0 Å². The number of hydrogen-bond donors (Lipinski definition) is 0. The number of carbonyl (C=O) groups is 1. The molecular weight excluding hydrogens is 465 g/mol. The van der Waals surface area contributed by atoms with E-state index in [1.807, 2.05) is 53.4 Å². The molecule has 3 aromatic carbocycles. The Morgan fingerprint density at radius 3 is 2.38 bits per heavy atom. The molecule has 0 bridgehead atoms. The van der Waals surface area contributed by atoms with Crippen molar-refractivity contribution < 1.29 is 9.53 Å². The molecule has 1 amide bonds. The number of benzene rings is 3. The highest BCUT2D eigenvalue weighted by molar-refractivity contribution is 6.35. The highest BCUT2D eigenvalue weighted by Gasteiger charge is 2.15. The van der Waals surface area contributed by atoms with Gasteiger partial charge in [-0.15, -0.1) is 0 Å². The number of rotatable bonds is 10. The molecule has 0 aliphatic carbocycles. The van der Waals surface area contributed by atoms with Gasteiger partial charge in [-0.05, 0) is 72.5 Å². The summed E-state index contributed by atoms with van der Waals surface area (Å²) in [4.78, 5) is 14.8. The SMILES string of the molecule is CCCCC(=O)N(CCc1ccc(Cl)cc1Cl)Cc1cccc(Oc2ccc(Cl)cc2)c1. The minimum absolute atomic E-state index is 0.140. The maximum atomic E-state index is 12.9. The fourth-order valence-electron chi connectivity index (χ4n) is 3.32. The largest absolute Gasteiger partial charge is 0.457 e. The molecule has 32 heavy (non-hydrogen) atoms. The van der Waals surface area contributed by atoms with Crippen LogP contribution in [0.15, 0.2) is 66.7 Å². The molecular formula is C26H26Cl3NO2. The minimum Gasteiger partial charge on any atom is -0.457 e. The zero-order valence-corrected chi connectivity index (χ0v) is 20.3. The van der Waals surface area contributed by atoms with Crippen LogP contribution in [0, 0.1) is 0 Å². The van der Waals surface area contributed by atoms with Crippen LogP contribution in [0.2, 0.25) is 15.1 Å². The number of hydrogen-bond acceptors (Lipinski definition) is 2. The first kappa shape index (κ1) is 24.4. The number of nitrogens with zero attached hydrogens (tertiary/aromatic N) is 1. The second-order valence-corrected chi connectivity index (χ2v) is 8.89. The predicted octanol–water partition coefficient (Wildman–Crippen LogP) is 8.20. The first-order valence-electron chi connectivity index (χ1n) is 10.7. The third-order valence-electron chi connectivity index (χ3n) is 5.08. The van der Waals surface area contributed by atoms with Crippen LogP contribution in [0.3, 0.4) is 0 Å². The average molecular weight is 491 g/mol. The average Bonchev–Trinajstić information content (AvgIpc) is 2.78. The number of ether oxygens (including phenoxy) is 1. The Balaban J connectivity index is 1.71. The van der Waals surface area contributed by atoms with E-state index in [1.165, 1.54) is 0 Å². The molecule has 0 N–H and O–H groups in total. The van der Waals surface area contributed by atoms with E-state index < -0.39 is 0 Å². The summed E-state index contributed by atoms with van der Waals surface area (Å²) >= 11 is 18.3. The molecule has 0 atom stereocenters. The third-order valence-corrected chi connectivity index (χ3v) is 5.92. The molecule has 0 aliphatic heterocycles. The molecule has 0 aromatic heterocycles. The summed E-state index contributed by atoms with van der Waals surface area (Å²) in [6.07, 6.45) is 3.05. The van der Waals surface area contributed by atoms with Crippen LogP contribution in [0.1, 0.15) is 37.3 Å². The fraction of sp³-hybridized carbons (Fsp3) is 0.269. The monoisotopic (exact) mass is 489 g/mol. The van der Waals surface area contributed by atoms with Gasteiger partial charge in [0.05, 0.1) is 0 Å². The van der Waals surface area contributed by atoms with Gasteiger partial charge >= 0.3 is 0 Å². The Morgan fingerprint density at radius 1 is 0.906 bits per heavy atom. The smallest absolute Gasteiger partial charge is 0.222 e. The van der Waals surface area contributed by atoms with Crippen molar-refractivity contribution >= 4 is 40.7 Å². The molecule has 0 heterocycles. The van der Waals surface area contributed by atoms with Crippen molar-refractivity contribution in [2.75, 3.05) is 6.54 Å². The van der Waals surface area contributed by atoms with E-state index in [0.717, 1.165) is 24.0 Å². The molecule has 6 heteroatoms. The summed E-state index contributed by atoms with van der Waals surface area (Å²) in [6, 6.07) is 20.5. The lowest BCUT2D eigenvalue weighted by molar-refractivity contribution is -0.131. The maximum Gasteiger partial charge on any atom is 0.222 e. The lowest BCUT2D eigenvalue weighted by Crippen LogP contribution is -2.32. The Labute approximate surface area is 204 Å². The summed E-state index contributed by atoms with van der Waals surface area (Å²) in [5.41, 5.74) is 1.98. The molecule has 0 aliphatic rings. The van der Waals surface area contributed by atoms with Gasteiger partial charge in [-0.3, -0.25) is 4.79 Å². The van der Waals surface area contributed by atoms with Crippen molar-refractivity contribution in [1.82, 2.24) is 4.90 Å². The fourth-order valence-corrected chi connectivity index (χ4v) is 3.95. The van der Waals surface area contributed by atoms with Crippen LogP contribution in [0.25, 0.3) is 0 Å². The number of unbranched alkanes of at least 4 members (excludes halogenated alkanes) is 1. The van der Waals surface area contributed by atoms with Crippen LogP contribution in [0.4, 0.5) is 0 Å². The first-order chi connectivity index (χ1) is 15.4. The summed E-state index contributed by atoms with van der Waals surface area (Å²) in [6.45, 7) is 3.17. The van der Waals surface area contributed by atoms with Crippen LogP contribution in [-0.4, -0.2) is 17.4 Å². The molecule has 3 aromatic rings. The molecule has 0 spiro atoms. The van der Waals surface area contributed by atoms with Gasteiger partial charge in [0.15, 0.2) is 0 Å². The third kappa shape index (κ3) is 7.44. The predicted molar refractivity (Wildman–Crippen MR) is 133 cm³/mol. The summed E-state index contributed by atoms with van der Waals surface area (Å²) in [7, 11) is 0. The number of amides is 1. The van der Waals surface area contributed by atoms with Crippen LogP contribution in [-0.2, 0) is 17.8 Å². The van der Waals surface area contributed by atoms with Crippen LogP contribution in [0.5, 0.6) is 11.5 Å². The van der Waals surface area contributed by atoms with Gasteiger partial charge in [0, 0.05) is 34.6 Å². The summed E-state index contributed by atoms with van der Waals surface area (Å²) < 4.78 is 5.95. The lowest BCUT2D eigenvalue weighted by atomic mass is 10.1. The van der Waals surface area contributed by atoms with Crippen molar-refractivity contribution in [2.24, 2.45) is 0 Å². The minimum atomic E-state index is 0.140. The highest BCUT2D eigenvalue weighted by Crippen LogP contribution is 2.25. The van der Waals surface area contributed by atoms with Crippen molar-refractivity contribution in [3.63, 3.8) is 0 Å². The van der Waals surface area contributed by atoms with Crippen molar-refractivity contribution in [3.05, 3.63) is 92.9 Å². The molecule has 0 saturated heterocycles. The Morgan fingerprint density at radius 2 is 1.66 bits per heavy atom. The Hall–Kier alpha value is -2.20. The van der Waals surface area contributed by atoms with E-state index in [2.05, 4.69) is 6.92 Å². The second kappa shape index (κ2) is 12.2. The normalized spacial score (nSPS) is 10.8. The maximum absolute atomic E-state index is 12.9. The number of carbonyl (C=O) groups excluding carboxylic acids is 1. The van der Waals surface area contributed by atoms with Crippen LogP contribution >= 0.6 is 34.8 Å². The van der Waals surface area contributed by atoms with Gasteiger partial charge < -0.3 is 9.64 Å². The second-order valence-electron chi connectivity index (χ2n) is 7.61. The van der Waals surface area contributed by atoms with Crippen LogP contribution < -0.4 is 4.74 Å². The first-order valence-corrected chi connectivity index (χ1v) is 11.8. The molecule has 0 saturated carbocycles. The van der Waals surface area contributed by atoms with Gasteiger partial charge in [0.25, 0.3) is 0 Å². The molecule has 168 valence electrons. The van der Waals surface area contributed by atoms with Crippen molar-refractivity contribution in [1.29, 1.82) is 0 Å². The van der Waals surface area contributed by atoms with E-state index in [-0.39, 0.29) is 5.91 Å². The highest BCUT2D eigenvalue weighted by atomic mass is 35.5. The van der Waals surface area contributed by atoms with E-state index in [0.29, 0.717) is 52.5 Å². The zero-order valence-electron chi connectivity index (χ0n) is 18.0. The van der Waals surface area contributed by atoms with E-state index in [1.54, 1.807) is 18.2 Å². The van der Waals surface area contributed by atoms with E-state index >= 15 is 0 Å². The molecule has 0 radical (unpaired) electrons. The Bertz CT molecular complexity index is 1040. The molecule has 3 rings (SSSR count).